The number of carbonyl (C=O) groups excluding carboxylic acids is 1. The summed E-state index contributed by atoms with van der Waals surface area (Å²) >= 11 is 0. The molecule has 0 fully saturated rings. The van der Waals surface area contributed by atoms with Gasteiger partial charge >= 0.3 is 5.97 Å². The Morgan fingerprint density at radius 2 is 1.64 bits per heavy atom. The zero-order valence-corrected chi connectivity index (χ0v) is 7.64. The maximum Gasteiger partial charge on any atom is 0.306 e. The molecule has 0 N–H and O–H groups in total. The monoisotopic (exact) mass is 157 g/mol. The summed E-state index contributed by atoms with van der Waals surface area (Å²) in [6.45, 7) is 9.28. The van der Waals surface area contributed by atoms with E-state index in [0.717, 1.165) is 19.3 Å². The molecule has 0 aliphatic carbocycles. The summed E-state index contributed by atoms with van der Waals surface area (Å²) in [5, 5.41) is 0. The van der Waals surface area contributed by atoms with Gasteiger partial charge in [-0.05, 0) is 19.3 Å². The third-order valence-corrected chi connectivity index (χ3v) is 2.26. The molecule has 0 saturated carbocycles. The van der Waals surface area contributed by atoms with Crippen LogP contribution in [0.15, 0.2) is 0 Å². The molecule has 65 valence electrons. The minimum absolute atomic E-state index is 0.265. The van der Waals surface area contributed by atoms with E-state index in [0.29, 0.717) is 0 Å². The zero-order valence-electron chi connectivity index (χ0n) is 7.64. The second-order valence-electron chi connectivity index (χ2n) is 2.72. The molecular weight excluding hydrogens is 140 g/mol. The van der Waals surface area contributed by atoms with Crippen molar-refractivity contribution in [2.45, 2.75) is 45.6 Å². The highest BCUT2D eigenvalue weighted by Gasteiger charge is 2.26. The average molecular weight is 157 g/mol. The van der Waals surface area contributed by atoms with Crippen LogP contribution in [0.25, 0.3) is 0 Å². The van der Waals surface area contributed by atoms with Crippen molar-refractivity contribution < 1.29 is 9.53 Å². The van der Waals surface area contributed by atoms with Gasteiger partial charge in [0.15, 0.2) is 0 Å². The van der Waals surface area contributed by atoms with E-state index < -0.39 is 5.97 Å². The predicted molar refractivity (Wildman–Crippen MR) is 45.1 cm³/mol. The lowest BCUT2D eigenvalue weighted by atomic mass is 9.94. The Kier molecular flexibility index (Phi) is 4.16. The normalized spacial score (nSPS) is 11.3. The van der Waals surface area contributed by atoms with Crippen molar-refractivity contribution >= 4 is 5.97 Å². The first-order valence-electron chi connectivity index (χ1n) is 4.15. The van der Waals surface area contributed by atoms with Crippen molar-refractivity contribution in [1.29, 1.82) is 0 Å². The number of carbonyl (C=O) groups is 1. The highest BCUT2D eigenvalue weighted by atomic mass is 16.6. The van der Waals surface area contributed by atoms with Gasteiger partial charge in [-0.25, -0.2) is 0 Å². The molecule has 11 heavy (non-hydrogen) atoms. The fraction of sp³-hybridized carbons (Fsp3) is 0.778. The van der Waals surface area contributed by atoms with Gasteiger partial charge in [-0.3, -0.25) is 4.79 Å². The summed E-state index contributed by atoms with van der Waals surface area (Å²) in [6.07, 6.45) is 2.59. The van der Waals surface area contributed by atoms with Crippen molar-refractivity contribution in [1.82, 2.24) is 0 Å². The lowest BCUT2D eigenvalue weighted by molar-refractivity contribution is -0.155. The smallest absolute Gasteiger partial charge is 0.306 e. The topological polar surface area (TPSA) is 26.3 Å². The van der Waals surface area contributed by atoms with E-state index in [1.807, 2.05) is 20.8 Å². The van der Waals surface area contributed by atoms with E-state index in [1.54, 1.807) is 0 Å². The molecule has 0 aromatic rings. The molecule has 0 bridgehead atoms. The largest absolute Gasteiger partial charge is 0.459 e. The molecule has 0 unspecified atom stereocenters. The Balaban J connectivity index is 4.16. The molecular formula is C9H17O2. The first-order valence-corrected chi connectivity index (χ1v) is 4.15. The van der Waals surface area contributed by atoms with E-state index in [-0.39, 0.29) is 5.60 Å². The van der Waals surface area contributed by atoms with Crippen molar-refractivity contribution in [2.24, 2.45) is 0 Å². The van der Waals surface area contributed by atoms with Gasteiger partial charge in [0, 0.05) is 0 Å². The molecule has 0 amide bonds. The third kappa shape index (κ3) is 2.91. The van der Waals surface area contributed by atoms with E-state index in [2.05, 4.69) is 6.92 Å². The molecule has 0 saturated heterocycles. The average Bonchev–Trinajstić information content (AvgIpc) is 2.00. The minimum Gasteiger partial charge on any atom is -0.459 e. The van der Waals surface area contributed by atoms with Crippen LogP contribution in [0.1, 0.15) is 40.0 Å². The molecule has 2 heteroatoms. The number of esters is 1. The Bertz CT molecular complexity index is 117. The summed E-state index contributed by atoms with van der Waals surface area (Å²) in [7, 11) is 0. The van der Waals surface area contributed by atoms with Crippen LogP contribution < -0.4 is 0 Å². The fourth-order valence-corrected chi connectivity index (χ4v) is 1.21. The molecule has 0 spiro atoms. The summed E-state index contributed by atoms with van der Waals surface area (Å²) in [6, 6.07) is 0. The van der Waals surface area contributed by atoms with Gasteiger partial charge in [-0.2, -0.15) is 0 Å². The first kappa shape index (κ1) is 10.5. The molecule has 0 rings (SSSR count). The van der Waals surface area contributed by atoms with Gasteiger partial charge in [0.1, 0.15) is 5.60 Å². The molecule has 0 aliphatic rings. The molecule has 0 aromatic heterocycles. The van der Waals surface area contributed by atoms with Crippen LogP contribution >= 0.6 is 0 Å². The number of hydrogen-bond donors (Lipinski definition) is 0. The standard InChI is InChI=1S/C9H17O2/c1-5-9(6-2,7-3)11-8(4)10/h4-7H2,1-3H3. The highest BCUT2D eigenvalue weighted by molar-refractivity contribution is 5.74. The van der Waals surface area contributed by atoms with Gasteiger partial charge in [0.05, 0.1) is 6.92 Å². The van der Waals surface area contributed by atoms with Crippen molar-refractivity contribution in [3.63, 3.8) is 0 Å². The van der Waals surface area contributed by atoms with Crippen molar-refractivity contribution in [3.05, 3.63) is 6.92 Å². The third-order valence-electron chi connectivity index (χ3n) is 2.26. The maximum absolute atomic E-state index is 10.6. The first-order chi connectivity index (χ1) is 5.10. The highest BCUT2D eigenvalue weighted by Crippen LogP contribution is 2.24. The van der Waals surface area contributed by atoms with E-state index >= 15 is 0 Å². The Morgan fingerprint density at radius 1 is 1.27 bits per heavy atom. The molecule has 0 aliphatic heterocycles. The maximum atomic E-state index is 10.6. The van der Waals surface area contributed by atoms with Gasteiger partial charge in [-0.1, -0.05) is 20.8 Å². The van der Waals surface area contributed by atoms with Crippen LogP contribution in [0.4, 0.5) is 0 Å². The van der Waals surface area contributed by atoms with Gasteiger partial charge in [0.25, 0.3) is 0 Å². The van der Waals surface area contributed by atoms with Crippen molar-refractivity contribution in [2.75, 3.05) is 0 Å². The zero-order chi connectivity index (χ0) is 8.91. The van der Waals surface area contributed by atoms with Gasteiger partial charge in [0.2, 0.25) is 0 Å². The summed E-state index contributed by atoms with van der Waals surface area (Å²) in [5.41, 5.74) is -0.265. The lowest BCUT2D eigenvalue weighted by Gasteiger charge is -2.29. The molecule has 0 heterocycles. The Labute approximate surface area is 68.9 Å². The van der Waals surface area contributed by atoms with Crippen LogP contribution in [0.3, 0.4) is 0 Å². The molecule has 2 nitrogen and oxygen atoms in total. The van der Waals surface area contributed by atoms with Crippen LogP contribution in [0.2, 0.25) is 0 Å². The van der Waals surface area contributed by atoms with Crippen LogP contribution in [0.5, 0.6) is 0 Å². The van der Waals surface area contributed by atoms with Crippen LogP contribution in [0, 0.1) is 6.92 Å². The SMILES string of the molecule is [CH2]C(=O)OC(CC)(CC)CC. The summed E-state index contributed by atoms with van der Waals surface area (Å²) in [5.74, 6) is -0.421. The van der Waals surface area contributed by atoms with Crippen LogP contribution in [-0.2, 0) is 9.53 Å². The molecule has 0 aromatic carbocycles. The molecule has 0 atom stereocenters. The van der Waals surface area contributed by atoms with Gasteiger partial charge < -0.3 is 4.74 Å². The molecule has 1 radical (unpaired) electrons. The second kappa shape index (κ2) is 4.37. The summed E-state index contributed by atoms with van der Waals surface area (Å²) in [4.78, 5) is 10.6. The van der Waals surface area contributed by atoms with E-state index in [9.17, 15) is 4.79 Å². The van der Waals surface area contributed by atoms with E-state index in [1.165, 1.54) is 0 Å². The predicted octanol–water partition coefficient (Wildman–Crippen LogP) is 2.33. The Morgan fingerprint density at radius 3 is 1.73 bits per heavy atom. The van der Waals surface area contributed by atoms with Crippen molar-refractivity contribution in [3.8, 4) is 0 Å². The second-order valence-corrected chi connectivity index (χ2v) is 2.72. The lowest BCUT2D eigenvalue weighted by Crippen LogP contribution is -2.32. The quantitative estimate of drug-likeness (QED) is 0.585. The minimum atomic E-state index is -0.421. The fourth-order valence-electron chi connectivity index (χ4n) is 1.21. The summed E-state index contributed by atoms with van der Waals surface area (Å²) < 4.78 is 5.14. The number of rotatable bonds is 4. The van der Waals surface area contributed by atoms with Gasteiger partial charge in [-0.15, -0.1) is 0 Å². The van der Waals surface area contributed by atoms with Crippen LogP contribution in [-0.4, -0.2) is 11.6 Å². The number of hydrogen-bond acceptors (Lipinski definition) is 2. The van der Waals surface area contributed by atoms with E-state index in [4.69, 9.17) is 4.74 Å². The number of ether oxygens (including phenoxy) is 1. The Hall–Kier alpha value is -0.530.